The number of piperidine rings is 1. The van der Waals surface area contributed by atoms with Crippen molar-refractivity contribution in [3.8, 4) is 5.75 Å². The van der Waals surface area contributed by atoms with E-state index < -0.39 is 6.03 Å². The van der Waals surface area contributed by atoms with Crippen LogP contribution in [0, 0.1) is 18.3 Å². The predicted octanol–water partition coefficient (Wildman–Crippen LogP) is 3.17. The van der Waals surface area contributed by atoms with E-state index in [1.165, 1.54) is 51.6 Å². The number of nitrogens with one attached hydrogen (secondary N) is 2. The standard InChI is InChI=1S/C22H32N4O3/c1-16-18(26-12-4-20(27)25-21(26)28)14-24-15-19(16)29-13-5-17-2-6-22(7-3-17)8-10-23-11-9-22/h14-15,17,23H,2-13H2,1H3,(H,25,27,28). The van der Waals surface area contributed by atoms with Crippen LogP contribution in [-0.4, -0.2) is 43.2 Å². The fourth-order valence-electron chi connectivity index (χ4n) is 5.08. The highest BCUT2D eigenvalue weighted by Crippen LogP contribution is 2.45. The molecule has 3 heterocycles. The number of aromatic nitrogens is 1. The Morgan fingerprint density at radius 1 is 1.17 bits per heavy atom. The minimum atomic E-state index is -0.391. The zero-order valence-corrected chi connectivity index (χ0v) is 17.3. The van der Waals surface area contributed by atoms with Crippen LogP contribution in [0.4, 0.5) is 10.5 Å². The lowest BCUT2D eigenvalue weighted by atomic mass is 9.65. The summed E-state index contributed by atoms with van der Waals surface area (Å²) in [6.45, 7) is 5.35. The zero-order chi connectivity index (χ0) is 20.3. The number of hydrogen-bond donors (Lipinski definition) is 2. The van der Waals surface area contributed by atoms with Gasteiger partial charge >= 0.3 is 6.03 Å². The first-order valence-corrected chi connectivity index (χ1v) is 11.0. The van der Waals surface area contributed by atoms with E-state index in [2.05, 4.69) is 15.6 Å². The highest BCUT2D eigenvalue weighted by atomic mass is 16.5. The van der Waals surface area contributed by atoms with Gasteiger partial charge in [0, 0.05) is 18.5 Å². The summed E-state index contributed by atoms with van der Waals surface area (Å²) >= 11 is 0. The molecule has 0 atom stereocenters. The van der Waals surface area contributed by atoms with Crippen LogP contribution < -0.4 is 20.3 Å². The van der Waals surface area contributed by atoms with E-state index in [9.17, 15) is 9.59 Å². The van der Waals surface area contributed by atoms with Crippen LogP contribution in [0.25, 0.3) is 0 Å². The molecule has 7 nitrogen and oxygen atoms in total. The second-order valence-corrected chi connectivity index (χ2v) is 8.87. The molecule has 158 valence electrons. The lowest BCUT2D eigenvalue weighted by Gasteiger charge is -2.43. The molecule has 4 rings (SSSR count). The van der Waals surface area contributed by atoms with Gasteiger partial charge in [0.2, 0.25) is 5.91 Å². The second-order valence-electron chi connectivity index (χ2n) is 8.87. The molecule has 1 aromatic heterocycles. The Morgan fingerprint density at radius 3 is 2.66 bits per heavy atom. The summed E-state index contributed by atoms with van der Waals surface area (Å²) in [5.74, 6) is 1.23. The van der Waals surface area contributed by atoms with Gasteiger partial charge in [-0.05, 0) is 76.3 Å². The average Bonchev–Trinajstić information content (AvgIpc) is 2.72. The van der Waals surface area contributed by atoms with E-state index in [0.717, 1.165) is 23.7 Å². The largest absolute Gasteiger partial charge is 0.492 e. The van der Waals surface area contributed by atoms with Gasteiger partial charge in [0.1, 0.15) is 5.75 Å². The maximum Gasteiger partial charge on any atom is 0.328 e. The van der Waals surface area contributed by atoms with Crippen LogP contribution in [0.3, 0.4) is 0 Å². The minimum absolute atomic E-state index is 0.233. The number of carbonyl (C=O) groups excluding carboxylic acids is 2. The van der Waals surface area contributed by atoms with Gasteiger partial charge in [-0.3, -0.25) is 20.0 Å². The predicted molar refractivity (Wildman–Crippen MR) is 111 cm³/mol. The van der Waals surface area contributed by atoms with Gasteiger partial charge in [-0.15, -0.1) is 0 Å². The summed E-state index contributed by atoms with van der Waals surface area (Å²) < 4.78 is 6.07. The minimum Gasteiger partial charge on any atom is -0.492 e. The molecular formula is C22H32N4O3. The van der Waals surface area contributed by atoms with E-state index >= 15 is 0 Å². The Hall–Kier alpha value is -2.15. The van der Waals surface area contributed by atoms with Crippen molar-refractivity contribution in [2.45, 2.75) is 58.3 Å². The van der Waals surface area contributed by atoms with Crippen LogP contribution in [-0.2, 0) is 4.79 Å². The van der Waals surface area contributed by atoms with Gasteiger partial charge < -0.3 is 10.1 Å². The average molecular weight is 401 g/mol. The van der Waals surface area contributed by atoms with E-state index in [-0.39, 0.29) is 5.91 Å². The number of carbonyl (C=O) groups is 2. The number of ether oxygens (including phenoxy) is 1. The van der Waals surface area contributed by atoms with Gasteiger partial charge in [0.25, 0.3) is 0 Å². The topological polar surface area (TPSA) is 83.6 Å². The van der Waals surface area contributed by atoms with E-state index in [1.54, 1.807) is 17.3 Å². The molecule has 3 amide bonds. The highest BCUT2D eigenvalue weighted by Gasteiger charge is 2.36. The smallest absolute Gasteiger partial charge is 0.328 e. The number of rotatable bonds is 5. The molecule has 1 spiro atoms. The van der Waals surface area contributed by atoms with Crippen LogP contribution in [0.5, 0.6) is 5.75 Å². The Morgan fingerprint density at radius 2 is 1.93 bits per heavy atom. The maximum absolute atomic E-state index is 12.1. The van der Waals surface area contributed by atoms with Gasteiger partial charge in [0.05, 0.1) is 24.7 Å². The summed E-state index contributed by atoms with van der Waals surface area (Å²) in [4.78, 5) is 29.4. The number of anilines is 1. The van der Waals surface area contributed by atoms with Crippen LogP contribution in [0.15, 0.2) is 12.4 Å². The number of urea groups is 1. The Bertz CT molecular complexity index is 750. The molecule has 29 heavy (non-hydrogen) atoms. The monoisotopic (exact) mass is 400 g/mol. The first-order valence-electron chi connectivity index (χ1n) is 11.0. The van der Waals surface area contributed by atoms with Crippen molar-refractivity contribution in [1.82, 2.24) is 15.6 Å². The Labute approximate surface area is 172 Å². The molecular weight excluding hydrogens is 368 g/mol. The number of imide groups is 1. The summed E-state index contributed by atoms with van der Waals surface area (Å²) in [6.07, 6.45) is 12.8. The third kappa shape index (κ3) is 4.55. The third-order valence-electron chi connectivity index (χ3n) is 7.10. The maximum atomic E-state index is 12.1. The van der Waals surface area contributed by atoms with Gasteiger partial charge in [-0.1, -0.05) is 0 Å². The van der Waals surface area contributed by atoms with Gasteiger partial charge in [-0.25, -0.2) is 4.79 Å². The molecule has 1 aliphatic carbocycles. The molecule has 2 aliphatic heterocycles. The fraction of sp³-hybridized carbons (Fsp3) is 0.682. The lowest BCUT2D eigenvalue weighted by Crippen LogP contribution is -2.49. The van der Waals surface area contributed by atoms with Crippen molar-refractivity contribution in [2.24, 2.45) is 11.3 Å². The summed E-state index contributed by atoms with van der Waals surface area (Å²) in [6, 6.07) is -0.391. The lowest BCUT2D eigenvalue weighted by molar-refractivity contribution is -0.120. The first kappa shape index (κ1) is 20.1. The molecule has 0 radical (unpaired) electrons. The normalized spacial score (nSPS) is 22.6. The number of pyridine rings is 1. The molecule has 1 aromatic rings. The van der Waals surface area contributed by atoms with Crippen molar-refractivity contribution >= 4 is 17.6 Å². The number of amides is 3. The van der Waals surface area contributed by atoms with Gasteiger partial charge in [-0.2, -0.15) is 0 Å². The van der Waals surface area contributed by atoms with Crippen molar-refractivity contribution < 1.29 is 14.3 Å². The van der Waals surface area contributed by atoms with Crippen molar-refractivity contribution in [3.63, 3.8) is 0 Å². The van der Waals surface area contributed by atoms with Crippen molar-refractivity contribution in [2.75, 3.05) is 31.1 Å². The molecule has 7 heteroatoms. The van der Waals surface area contributed by atoms with Gasteiger partial charge in [0.15, 0.2) is 0 Å². The molecule has 1 saturated carbocycles. The molecule has 3 aliphatic rings. The summed E-state index contributed by atoms with van der Waals surface area (Å²) in [5.41, 5.74) is 2.20. The molecule has 0 unspecified atom stereocenters. The van der Waals surface area contributed by atoms with E-state index in [0.29, 0.717) is 30.7 Å². The highest BCUT2D eigenvalue weighted by molar-refractivity contribution is 6.05. The molecule has 3 fully saturated rings. The summed E-state index contributed by atoms with van der Waals surface area (Å²) in [5, 5.41) is 5.85. The molecule has 0 bridgehead atoms. The number of nitrogens with zero attached hydrogens (tertiary/aromatic N) is 2. The molecule has 2 N–H and O–H groups in total. The van der Waals surface area contributed by atoms with Crippen molar-refractivity contribution in [1.29, 1.82) is 0 Å². The fourth-order valence-corrected chi connectivity index (χ4v) is 5.08. The number of hydrogen-bond acceptors (Lipinski definition) is 5. The zero-order valence-electron chi connectivity index (χ0n) is 17.3. The van der Waals surface area contributed by atoms with Crippen LogP contribution in [0.2, 0.25) is 0 Å². The molecule has 0 aromatic carbocycles. The Kier molecular flexibility index (Phi) is 6.04. The SMILES string of the molecule is Cc1c(OCCC2CCC3(CCNCC3)CC2)cncc1N1CCC(=O)NC1=O. The van der Waals surface area contributed by atoms with Crippen molar-refractivity contribution in [3.05, 3.63) is 18.0 Å². The van der Waals surface area contributed by atoms with E-state index in [1.807, 2.05) is 6.92 Å². The van der Waals surface area contributed by atoms with Crippen LogP contribution >= 0.6 is 0 Å². The third-order valence-corrected chi connectivity index (χ3v) is 7.10. The Balaban J connectivity index is 1.29. The first-order chi connectivity index (χ1) is 14.1. The summed E-state index contributed by atoms with van der Waals surface area (Å²) in [7, 11) is 0. The van der Waals surface area contributed by atoms with Crippen LogP contribution in [0.1, 0.15) is 56.9 Å². The quantitative estimate of drug-likeness (QED) is 0.793. The molecule has 2 saturated heterocycles. The second kappa shape index (κ2) is 8.69. The van der Waals surface area contributed by atoms with E-state index in [4.69, 9.17) is 4.74 Å².